The van der Waals surface area contributed by atoms with E-state index in [9.17, 15) is 18.5 Å². The number of hydrogen-bond donors (Lipinski definition) is 2. The summed E-state index contributed by atoms with van der Waals surface area (Å²) < 4.78 is 28.5. The SMILES string of the molecule is CC(C)(C#N)n1ccc(S(=O)(=O)NC(=O)Nc2c3c(cc4c2CCC4)CCC3)n1. The standard InChI is InChI=1S/C20H23N5O3S/c1-20(2,12-21)25-10-9-17(23-25)29(27,28)24-19(26)22-18-15-7-3-5-13(15)11-14-6-4-8-16(14)18/h9-11H,3-8H2,1-2H3,(H2,22,24,26). The predicted octanol–water partition coefficient (Wildman–Crippen LogP) is 2.63. The van der Waals surface area contributed by atoms with Gasteiger partial charge < -0.3 is 5.32 Å². The molecular formula is C20H23N5O3S. The lowest BCUT2D eigenvalue weighted by Gasteiger charge is -2.16. The Kier molecular flexibility index (Phi) is 4.62. The Labute approximate surface area is 170 Å². The van der Waals surface area contributed by atoms with E-state index in [1.807, 2.05) is 10.8 Å². The number of nitrogens with zero attached hydrogens (tertiary/aromatic N) is 3. The number of rotatable bonds is 4. The number of nitriles is 1. The summed E-state index contributed by atoms with van der Waals surface area (Å²) in [6, 6.07) is 4.77. The molecule has 2 N–H and O–H groups in total. The summed E-state index contributed by atoms with van der Waals surface area (Å²) in [5.74, 6) is 0. The van der Waals surface area contributed by atoms with Crippen LogP contribution in [-0.4, -0.2) is 24.2 Å². The van der Waals surface area contributed by atoms with E-state index in [4.69, 9.17) is 0 Å². The number of carbonyl (C=O) groups excluding carboxylic acids is 1. The first-order valence-electron chi connectivity index (χ1n) is 9.69. The number of aryl methyl sites for hydroxylation is 2. The van der Waals surface area contributed by atoms with Gasteiger partial charge in [0.05, 0.1) is 6.07 Å². The Bertz CT molecular complexity index is 1110. The molecule has 2 aromatic rings. The molecule has 0 fully saturated rings. The summed E-state index contributed by atoms with van der Waals surface area (Å²) in [6.07, 6.45) is 7.24. The largest absolute Gasteiger partial charge is 0.333 e. The highest BCUT2D eigenvalue weighted by atomic mass is 32.2. The lowest BCUT2D eigenvalue weighted by atomic mass is 9.99. The van der Waals surface area contributed by atoms with E-state index in [0.717, 1.165) is 55.3 Å². The monoisotopic (exact) mass is 413 g/mol. The normalized spacial score (nSPS) is 15.5. The van der Waals surface area contributed by atoms with Gasteiger partial charge in [-0.2, -0.15) is 18.8 Å². The molecule has 0 bridgehead atoms. The van der Waals surface area contributed by atoms with Gasteiger partial charge in [0.2, 0.25) is 0 Å². The fraction of sp³-hybridized carbons (Fsp3) is 0.450. The maximum atomic E-state index is 12.6. The number of anilines is 1. The van der Waals surface area contributed by atoms with Gasteiger partial charge in [0.15, 0.2) is 5.03 Å². The molecule has 0 spiro atoms. The maximum Gasteiger partial charge on any atom is 0.333 e. The van der Waals surface area contributed by atoms with Crippen LogP contribution in [0.4, 0.5) is 10.5 Å². The fourth-order valence-electron chi connectivity index (χ4n) is 4.09. The summed E-state index contributed by atoms with van der Waals surface area (Å²) in [6.45, 7) is 3.24. The highest BCUT2D eigenvalue weighted by molar-refractivity contribution is 7.90. The maximum absolute atomic E-state index is 12.6. The summed E-state index contributed by atoms with van der Waals surface area (Å²) in [5, 5.41) is 15.6. The molecule has 0 saturated carbocycles. The molecule has 1 aromatic heterocycles. The van der Waals surface area contributed by atoms with Crippen LogP contribution in [0.5, 0.6) is 0 Å². The lowest BCUT2D eigenvalue weighted by Crippen LogP contribution is -2.35. The Hall–Kier alpha value is -2.86. The van der Waals surface area contributed by atoms with Gasteiger partial charge in [-0.1, -0.05) is 6.07 Å². The van der Waals surface area contributed by atoms with Crippen molar-refractivity contribution < 1.29 is 13.2 Å². The molecule has 2 amide bonds. The second-order valence-electron chi connectivity index (χ2n) is 8.06. The van der Waals surface area contributed by atoms with Gasteiger partial charge in [-0.15, -0.1) is 0 Å². The highest BCUT2D eigenvalue weighted by Crippen LogP contribution is 2.38. The first-order chi connectivity index (χ1) is 13.7. The molecule has 29 heavy (non-hydrogen) atoms. The fourth-order valence-corrected chi connectivity index (χ4v) is 4.93. The average molecular weight is 414 g/mol. The van der Waals surface area contributed by atoms with Crippen molar-refractivity contribution in [3.05, 3.63) is 40.6 Å². The third-order valence-electron chi connectivity index (χ3n) is 5.62. The lowest BCUT2D eigenvalue weighted by molar-refractivity contribution is 0.256. The van der Waals surface area contributed by atoms with Crippen LogP contribution in [-0.2, 0) is 41.2 Å². The molecule has 4 rings (SSSR count). The van der Waals surface area contributed by atoms with E-state index < -0.39 is 21.6 Å². The number of amides is 2. The average Bonchev–Trinajstić information content (AvgIpc) is 3.40. The Morgan fingerprint density at radius 2 is 1.79 bits per heavy atom. The van der Waals surface area contributed by atoms with Gasteiger partial charge in [0.25, 0.3) is 10.0 Å². The van der Waals surface area contributed by atoms with Gasteiger partial charge in [0.1, 0.15) is 5.54 Å². The van der Waals surface area contributed by atoms with Crippen LogP contribution in [0.15, 0.2) is 23.4 Å². The highest BCUT2D eigenvalue weighted by Gasteiger charge is 2.28. The van der Waals surface area contributed by atoms with Gasteiger partial charge >= 0.3 is 6.03 Å². The van der Waals surface area contributed by atoms with Crippen molar-refractivity contribution in [1.82, 2.24) is 14.5 Å². The molecule has 152 valence electrons. The van der Waals surface area contributed by atoms with Crippen molar-refractivity contribution in [2.75, 3.05) is 5.32 Å². The zero-order valence-electron chi connectivity index (χ0n) is 16.4. The zero-order valence-corrected chi connectivity index (χ0v) is 17.3. The van der Waals surface area contributed by atoms with E-state index >= 15 is 0 Å². The molecule has 2 aliphatic rings. The van der Waals surface area contributed by atoms with Gasteiger partial charge in [-0.05, 0) is 80.7 Å². The van der Waals surface area contributed by atoms with Gasteiger partial charge in [-0.25, -0.2) is 9.52 Å². The first-order valence-corrected chi connectivity index (χ1v) is 11.2. The quantitative estimate of drug-likeness (QED) is 0.799. The third kappa shape index (κ3) is 3.49. The molecule has 0 unspecified atom stereocenters. The smallest absolute Gasteiger partial charge is 0.307 e. The van der Waals surface area contributed by atoms with E-state index in [1.54, 1.807) is 13.8 Å². The second-order valence-corrected chi connectivity index (χ2v) is 9.69. The minimum Gasteiger partial charge on any atom is -0.307 e. The van der Waals surface area contributed by atoms with Crippen LogP contribution in [0.3, 0.4) is 0 Å². The van der Waals surface area contributed by atoms with Crippen molar-refractivity contribution >= 4 is 21.7 Å². The Morgan fingerprint density at radius 3 is 2.38 bits per heavy atom. The molecule has 2 aliphatic carbocycles. The van der Waals surface area contributed by atoms with Crippen molar-refractivity contribution in [2.45, 2.75) is 62.9 Å². The number of sulfonamides is 1. The van der Waals surface area contributed by atoms with Crippen LogP contribution in [0.2, 0.25) is 0 Å². The van der Waals surface area contributed by atoms with Crippen molar-refractivity contribution in [2.24, 2.45) is 0 Å². The number of benzene rings is 1. The third-order valence-corrected chi connectivity index (χ3v) is 6.85. The molecule has 1 aromatic carbocycles. The number of fused-ring (bicyclic) bond motifs is 2. The van der Waals surface area contributed by atoms with Crippen LogP contribution in [0.25, 0.3) is 0 Å². The molecule has 0 aliphatic heterocycles. The number of urea groups is 1. The topological polar surface area (TPSA) is 117 Å². The summed E-state index contributed by atoms with van der Waals surface area (Å²) in [4.78, 5) is 12.6. The minimum absolute atomic E-state index is 0.306. The van der Waals surface area contributed by atoms with E-state index in [-0.39, 0.29) is 5.03 Å². The molecule has 9 heteroatoms. The molecule has 8 nitrogen and oxygen atoms in total. The molecule has 0 atom stereocenters. The van der Waals surface area contributed by atoms with Crippen molar-refractivity contribution in [3.63, 3.8) is 0 Å². The van der Waals surface area contributed by atoms with E-state index in [2.05, 4.69) is 16.5 Å². The minimum atomic E-state index is -4.16. The van der Waals surface area contributed by atoms with E-state index in [1.165, 1.54) is 28.1 Å². The summed E-state index contributed by atoms with van der Waals surface area (Å²) in [7, 11) is -4.16. The van der Waals surface area contributed by atoms with Crippen LogP contribution in [0.1, 0.15) is 48.9 Å². The number of hydrogen-bond acceptors (Lipinski definition) is 5. The number of aromatic nitrogens is 2. The van der Waals surface area contributed by atoms with Crippen LogP contribution in [0, 0.1) is 11.3 Å². The van der Waals surface area contributed by atoms with Crippen molar-refractivity contribution in [3.8, 4) is 6.07 Å². The summed E-state index contributed by atoms with van der Waals surface area (Å²) in [5.41, 5.74) is 4.52. The second kappa shape index (κ2) is 6.88. The zero-order chi connectivity index (χ0) is 20.8. The summed E-state index contributed by atoms with van der Waals surface area (Å²) >= 11 is 0. The Morgan fingerprint density at radius 1 is 1.17 bits per heavy atom. The predicted molar refractivity (Wildman–Crippen MR) is 107 cm³/mol. The first kappa shape index (κ1) is 19.5. The van der Waals surface area contributed by atoms with Gasteiger partial charge in [0, 0.05) is 11.9 Å². The van der Waals surface area contributed by atoms with Crippen LogP contribution < -0.4 is 10.0 Å². The molecule has 0 radical (unpaired) electrons. The number of carbonyl (C=O) groups is 1. The number of nitrogens with one attached hydrogen (secondary N) is 2. The Balaban J connectivity index is 1.56. The molecular weight excluding hydrogens is 390 g/mol. The van der Waals surface area contributed by atoms with Gasteiger partial charge in [-0.3, -0.25) is 4.68 Å². The molecule has 0 saturated heterocycles. The van der Waals surface area contributed by atoms with E-state index in [0.29, 0.717) is 0 Å². The molecule has 1 heterocycles. The van der Waals surface area contributed by atoms with Crippen LogP contribution >= 0.6 is 0 Å². The van der Waals surface area contributed by atoms with Crippen molar-refractivity contribution in [1.29, 1.82) is 5.26 Å².